The summed E-state index contributed by atoms with van der Waals surface area (Å²) >= 11 is 12.3. The van der Waals surface area contributed by atoms with Crippen molar-refractivity contribution in [2.24, 2.45) is 5.92 Å². The van der Waals surface area contributed by atoms with Crippen molar-refractivity contribution < 1.29 is 9.47 Å². The Kier molecular flexibility index (Phi) is 7.89. The van der Waals surface area contributed by atoms with Crippen molar-refractivity contribution in [3.63, 3.8) is 0 Å². The third-order valence-electron chi connectivity index (χ3n) is 3.81. The van der Waals surface area contributed by atoms with Gasteiger partial charge in [-0.15, -0.1) is 0 Å². The van der Waals surface area contributed by atoms with Crippen molar-refractivity contribution in [2.75, 3.05) is 13.7 Å². The van der Waals surface area contributed by atoms with Crippen molar-refractivity contribution in [1.29, 1.82) is 0 Å². The number of benzene rings is 2. The molecule has 0 aliphatic heterocycles. The molecular weight excluding hydrogens is 357 g/mol. The molecule has 0 bridgehead atoms. The summed E-state index contributed by atoms with van der Waals surface area (Å²) in [6.45, 7) is 6.56. The first-order valence-electron chi connectivity index (χ1n) is 8.44. The van der Waals surface area contributed by atoms with E-state index in [1.165, 1.54) is 0 Å². The molecule has 136 valence electrons. The maximum absolute atomic E-state index is 6.41. The Hall–Kier alpha value is -1.42. The molecule has 0 aliphatic rings. The van der Waals surface area contributed by atoms with Crippen LogP contribution < -0.4 is 14.8 Å². The average molecular weight is 382 g/mol. The standard InChI is InChI=1S/C20H25Cl2NO2/c1-14(2)8-9-23-12-16-10-18(22)20(19(11-16)24-3)25-13-15-4-6-17(21)7-5-15/h4-7,10-11,14,23H,8-9,12-13H2,1-3H3. The van der Waals surface area contributed by atoms with Crippen LogP contribution in [0.25, 0.3) is 0 Å². The van der Waals surface area contributed by atoms with Crippen LogP contribution in [-0.4, -0.2) is 13.7 Å². The minimum Gasteiger partial charge on any atom is -0.493 e. The van der Waals surface area contributed by atoms with Crippen LogP contribution in [0.1, 0.15) is 31.4 Å². The minimum atomic E-state index is 0.402. The van der Waals surface area contributed by atoms with E-state index in [9.17, 15) is 0 Å². The fraction of sp³-hybridized carbons (Fsp3) is 0.400. The summed E-state index contributed by atoms with van der Waals surface area (Å²) < 4.78 is 11.3. The van der Waals surface area contributed by atoms with Crippen LogP contribution in [0.5, 0.6) is 11.5 Å². The molecule has 2 rings (SSSR count). The summed E-state index contributed by atoms with van der Waals surface area (Å²) in [4.78, 5) is 0. The molecule has 0 saturated heterocycles. The topological polar surface area (TPSA) is 30.5 Å². The molecular formula is C20H25Cl2NO2. The van der Waals surface area contributed by atoms with E-state index in [-0.39, 0.29) is 0 Å². The van der Waals surface area contributed by atoms with Crippen LogP contribution in [0.2, 0.25) is 10.0 Å². The second-order valence-corrected chi connectivity index (χ2v) is 7.23. The van der Waals surface area contributed by atoms with E-state index < -0.39 is 0 Å². The van der Waals surface area contributed by atoms with Gasteiger partial charge in [-0.3, -0.25) is 0 Å². The Balaban J connectivity index is 2.01. The van der Waals surface area contributed by atoms with Crippen LogP contribution in [0.4, 0.5) is 0 Å². The molecule has 0 saturated carbocycles. The smallest absolute Gasteiger partial charge is 0.180 e. The molecule has 2 aromatic rings. The minimum absolute atomic E-state index is 0.402. The van der Waals surface area contributed by atoms with Gasteiger partial charge >= 0.3 is 0 Å². The summed E-state index contributed by atoms with van der Waals surface area (Å²) in [5, 5.41) is 4.68. The van der Waals surface area contributed by atoms with Crippen LogP contribution in [0.3, 0.4) is 0 Å². The highest BCUT2D eigenvalue weighted by Crippen LogP contribution is 2.37. The largest absolute Gasteiger partial charge is 0.493 e. The zero-order chi connectivity index (χ0) is 18.2. The van der Waals surface area contributed by atoms with E-state index in [1.54, 1.807) is 7.11 Å². The van der Waals surface area contributed by atoms with Crippen LogP contribution in [0.15, 0.2) is 36.4 Å². The molecule has 0 unspecified atom stereocenters. The van der Waals surface area contributed by atoms with Gasteiger partial charge in [-0.25, -0.2) is 0 Å². The molecule has 0 aromatic heterocycles. The quantitative estimate of drug-likeness (QED) is 0.563. The van der Waals surface area contributed by atoms with Crippen LogP contribution in [0, 0.1) is 5.92 Å². The molecule has 5 heteroatoms. The molecule has 25 heavy (non-hydrogen) atoms. The van der Waals surface area contributed by atoms with Gasteiger partial charge in [0.2, 0.25) is 0 Å². The van der Waals surface area contributed by atoms with Gasteiger partial charge in [0, 0.05) is 11.6 Å². The maximum atomic E-state index is 6.41. The summed E-state index contributed by atoms with van der Waals surface area (Å²) in [6, 6.07) is 11.4. The van der Waals surface area contributed by atoms with Crippen molar-refractivity contribution in [1.82, 2.24) is 5.32 Å². The highest BCUT2D eigenvalue weighted by Gasteiger charge is 2.12. The molecule has 0 fully saturated rings. The third kappa shape index (κ3) is 6.43. The number of hydrogen-bond donors (Lipinski definition) is 1. The number of rotatable bonds is 9. The van der Waals surface area contributed by atoms with Gasteiger partial charge in [-0.05, 0) is 54.3 Å². The Morgan fingerprint density at radius 1 is 1.04 bits per heavy atom. The van der Waals surface area contributed by atoms with Gasteiger partial charge in [-0.1, -0.05) is 49.2 Å². The predicted octanol–water partition coefficient (Wildman–Crippen LogP) is 5.72. The lowest BCUT2D eigenvalue weighted by molar-refractivity contribution is 0.284. The Morgan fingerprint density at radius 2 is 1.76 bits per heavy atom. The molecule has 3 nitrogen and oxygen atoms in total. The van der Waals surface area contributed by atoms with Gasteiger partial charge < -0.3 is 14.8 Å². The van der Waals surface area contributed by atoms with E-state index in [0.29, 0.717) is 34.1 Å². The van der Waals surface area contributed by atoms with Crippen molar-refractivity contribution >= 4 is 23.2 Å². The maximum Gasteiger partial charge on any atom is 0.180 e. The zero-order valence-electron chi connectivity index (χ0n) is 14.9. The molecule has 0 aliphatic carbocycles. The zero-order valence-corrected chi connectivity index (χ0v) is 16.5. The fourth-order valence-electron chi connectivity index (χ4n) is 2.37. The molecule has 1 N–H and O–H groups in total. The van der Waals surface area contributed by atoms with Gasteiger partial charge in [0.1, 0.15) is 6.61 Å². The van der Waals surface area contributed by atoms with Gasteiger partial charge in [0.15, 0.2) is 11.5 Å². The normalized spacial score (nSPS) is 11.0. The first-order valence-corrected chi connectivity index (χ1v) is 9.19. The number of nitrogens with one attached hydrogen (secondary N) is 1. The third-order valence-corrected chi connectivity index (χ3v) is 4.35. The predicted molar refractivity (Wildman–Crippen MR) is 105 cm³/mol. The monoisotopic (exact) mass is 381 g/mol. The molecule has 0 atom stereocenters. The Morgan fingerprint density at radius 3 is 2.40 bits per heavy atom. The van der Waals surface area contributed by atoms with Gasteiger partial charge in [-0.2, -0.15) is 0 Å². The van der Waals surface area contributed by atoms with E-state index in [1.807, 2.05) is 36.4 Å². The highest BCUT2D eigenvalue weighted by atomic mass is 35.5. The van der Waals surface area contributed by atoms with Crippen molar-refractivity contribution in [3.8, 4) is 11.5 Å². The molecule has 0 heterocycles. The number of methoxy groups -OCH3 is 1. The van der Waals surface area contributed by atoms with E-state index >= 15 is 0 Å². The molecule has 0 radical (unpaired) electrons. The average Bonchev–Trinajstić information content (AvgIpc) is 2.58. The van der Waals surface area contributed by atoms with Gasteiger partial charge in [0.25, 0.3) is 0 Å². The van der Waals surface area contributed by atoms with Crippen LogP contribution >= 0.6 is 23.2 Å². The summed E-state index contributed by atoms with van der Waals surface area (Å²) in [6.07, 6.45) is 1.15. The highest BCUT2D eigenvalue weighted by molar-refractivity contribution is 6.32. The number of halogens is 2. The number of hydrogen-bond acceptors (Lipinski definition) is 3. The number of ether oxygens (including phenoxy) is 2. The summed E-state index contributed by atoms with van der Waals surface area (Å²) in [5.74, 6) is 1.89. The lowest BCUT2D eigenvalue weighted by Crippen LogP contribution is -2.16. The van der Waals surface area contributed by atoms with Gasteiger partial charge in [0.05, 0.1) is 12.1 Å². The first-order chi connectivity index (χ1) is 12.0. The summed E-state index contributed by atoms with van der Waals surface area (Å²) in [5.41, 5.74) is 2.09. The first kappa shape index (κ1) is 19.9. The van der Waals surface area contributed by atoms with Crippen molar-refractivity contribution in [2.45, 2.75) is 33.4 Å². The van der Waals surface area contributed by atoms with E-state index in [0.717, 1.165) is 30.6 Å². The van der Waals surface area contributed by atoms with E-state index in [2.05, 4.69) is 19.2 Å². The van der Waals surface area contributed by atoms with Crippen LogP contribution in [-0.2, 0) is 13.2 Å². The second kappa shape index (κ2) is 9.91. The van der Waals surface area contributed by atoms with Crippen molar-refractivity contribution in [3.05, 3.63) is 57.6 Å². The Bertz CT molecular complexity index is 672. The molecule has 2 aromatic carbocycles. The SMILES string of the molecule is COc1cc(CNCCC(C)C)cc(Cl)c1OCc1ccc(Cl)cc1. The fourth-order valence-corrected chi connectivity index (χ4v) is 2.79. The lowest BCUT2D eigenvalue weighted by atomic mass is 10.1. The lowest BCUT2D eigenvalue weighted by Gasteiger charge is -2.15. The Labute approximate surface area is 160 Å². The molecule has 0 amide bonds. The summed E-state index contributed by atoms with van der Waals surface area (Å²) in [7, 11) is 1.62. The van der Waals surface area contributed by atoms with E-state index in [4.69, 9.17) is 32.7 Å². The second-order valence-electron chi connectivity index (χ2n) is 6.38. The molecule has 0 spiro atoms.